The van der Waals surface area contributed by atoms with Gasteiger partial charge in [0.15, 0.2) is 28.9 Å². The fourth-order valence-corrected chi connectivity index (χ4v) is 18.5. The molecule has 4 heterocycles. The Labute approximate surface area is 642 Å². The molecule has 2 atom stereocenters. The van der Waals surface area contributed by atoms with Gasteiger partial charge in [-0.05, 0) is 179 Å². The van der Waals surface area contributed by atoms with Crippen molar-refractivity contribution in [3.05, 3.63) is 295 Å². The lowest BCUT2D eigenvalue weighted by molar-refractivity contribution is -0.0564. The Morgan fingerprint density at radius 3 is 1.13 bits per heavy atom. The maximum absolute atomic E-state index is 15.4. The number of fused-ring (bicyclic) bond motifs is 6. The SMILES string of the molecule is Cc1ccccc1C(=O)c1ccc2c(c1)C(Cc1ccc(C(=O)C(C)(C)N3CCOCC3)cc1)(Cc1ccc(C(=O)C(C)(C)N3CCOC(c4cc5c(cc4C#N)C(Cc4ccc(C(=O)C(C)(C)N6CCOCC6)cc4)(Cc4ccc(C(=O)C(C)(C)N6CCOCC6)cc4)c4ccccc4-5)C3)cc1)c1ccccc1-2. The first-order valence-corrected chi connectivity index (χ1v) is 38.9. The molecule has 15 rings (SSSR count). The van der Waals surface area contributed by atoms with Gasteiger partial charge in [-0.3, -0.25) is 43.6 Å². The van der Waals surface area contributed by atoms with Crippen molar-refractivity contribution in [2.24, 2.45) is 0 Å². The Bertz CT molecular complexity index is 4920. The highest BCUT2D eigenvalue weighted by Crippen LogP contribution is 2.56. The summed E-state index contributed by atoms with van der Waals surface area (Å²) < 4.78 is 23.7. The zero-order valence-electron chi connectivity index (χ0n) is 64.5. The van der Waals surface area contributed by atoms with Gasteiger partial charge in [-0.2, -0.15) is 5.26 Å². The number of ketones is 5. The fourth-order valence-electron chi connectivity index (χ4n) is 18.5. The summed E-state index contributed by atoms with van der Waals surface area (Å²) >= 11 is 0. The molecule has 2 aliphatic carbocycles. The molecule has 14 nitrogen and oxygen atoms in total. The van der Waals surface area contributed by atoms with Crippen LogP contribution in [-0.2, 0) is 55.5 Å². The number of nitrogens with zero attached hydrogens (tertiary/aromatic N) is 5. The number of aryl methyl sites for hydroxylation is 1. The third-order valence-electron chi connectivity index (χ3n) is 25.2. The third kappa shape index (κ3) is 13.9. The molecule has 0 N–H and O–H groups in total. The summed E-state index contributed by atoms with van der Waals surface area (Å²) in [6, 6.07) is 70.3. The number of hydrogen-bond donors (Lipinski definition) is 0. The van der Waals surface area contributed by atoms with Gasteiger partial charge in [-0.25, -0.2) is 0 Å². The summed E-state index contributed by atoms with van der Waals surface area (Å²) in [7, 11) is 0. The standard InChI is InChI=1S/C95H99N5O9/c1-63-16-10-11-17-74(63)85(101)72-38-39-77-75-18-12-14-20-80(75)94(82(77)54-72,57-64-22-30-68(31-23-64)86(102)90(2,3)97-40-47-106-48-41-97)58-65-28-36-71(37-29-65)89(105)93(8,9)100-46-53-109-84(62-100)78-56-79-76-19-13-15-21-81(76)95(83(79)55-73(78)61-96,59-66-24-32-69(33-25-66)87(103)91(4,5)98-42-49-107-50-43-98)60-67-26-34-70(35-27-67)88(104)92(6,7)99-44-51-108-52-45-99/h10-39,54-56,84H,40-53,57-60,62H2,1-9H3. The quantitative estimate of drug-likeness (QED) is 0.0557. The number of Topliss-reactive ketones (excluding diaryl/α,β-unsaturated/α-hetero) is 4. The summed E-state index contributed by atoms with van der Waals surface area (Å²) in [5, 5.41) is 11.5. The Hall–Kier alpha value is -9.50. The maximum atomic E-state index is 15.4. The van der Waals surface area contributed by atoms with Crippen LogP contribution < -0.4 is 0 Å². The van der Waals surface area contributed by atoms with E-state index < -0.39 is 39.1 Å². The van der Waals surface area contributed by atoms with E-state index in [1.54, 1.807) is 0 Å². The first-order valence-electron chi connectivity index (χ1n) is 38.9. The van der Waals surface area contributed by atoms with Crippen molar-refractivity contribution >= 4 is 28.9 Å². The number of benzene rings is 9. The summed E-state index contributed by atoms with van der Waals surface area (Å²) in [5.41, 5.74) is 14.1. The molecule has 4 aliphatic heterocycles. The van der Waals surface area contributed by atoms with E-state index in [1.165, 1.54) is 0 Å². The lowest BCUT2D eigenvalue weighted by atomic mass is 9.69. The molecule has 109 heavy (non-hydrogen) atoms. The second kappa shape index (κ2) is 30.1. The molecule has 9 aromatic carbocycles. The van der Waals surface area contributed by atoms with Crippen molar-refractivity contribution in [2.45, 2.75) is 127 Å². The van der Waals surface area contributed by atoms with Crippen molar-refractivity contribution in [3.8, 4) is 28.3 Å². The highest BCUT2D eigenvalue weighted by atomic mass is 16.5. The van der Waals surface area contributed by atoms with Crippen LogP contribution in [0.4, 0.5) is 0 Å². The minimum atomic E-state index is -0.999. The molecule has 4 fully saturated rings. The molecule has 0 saturated carbocycles. The van der Waals surface area contributed by atoms with Gasteiger partial charge in [0.2, 0.25) is 0 Å². The molecule has 14 heteroatoms. The minimum absolute atomic E-state index is 0.0383. The van der Waals surface area contributed by atoms with Crippen LogP contribution in [0.25, 0.3) is 22.3 Å². The van der Waals surface area contributed by atoms with E-state index in [4.69, 9.17) is 18.9 Å². The van der Waals surface area contributed by atoms with Crippen molar-refractivity contribution in [1.82, 2.24) is 19.6 Å². The maximum Gasteiger partial charge on any atom is 0.193 e. The average Bonchev–Trinajstić information content (AvgIpc) is 1.56. The summed E-state index contributed by atoms with van der Waals surface area (Å²) in [4.78, 5) is 82.0. The number of hydrogen-bond acceptors (Lipinski definition) is 14. The number of ether oxygens (including phenoxy) is 4. The molecule has 0 spiro atoms. The number of nitriles is 1. The first kappa shape index (κ1) is 74.9. The van der Waals surface area contributed by atoms with Crippen molar-refractivity contribution in [1.29, 1.82) is 5.26 Å². The first-order chi connectivity index (χ1) is 52.4. The highest BCUT2D eigenvalue weighted by Gasteiger charge is 2.48. The van der Waals surface area contributed by atoms with Gasteiger partial charge in [0.05, 0.1) is 86.1 Å². The predicted octanol–water partition coefficient (Wildman–Crippen LogP) is 15.5. The monoisotopic (exact) mass is 1450 g/mol. The van der Waals surface area contributed by atoms with Gasteiger partial charge >= 0.3 is 0 Å². The number of rotatable bonds is 23. The predicted molar refractivity (Wildman–Crippen MR) is 426 cm³/mol. The topological polar surface area (TPSA) is 159 Å². The van der Waals surface area contributed by atoms with E-state index in [9.17, 15) is 24.4 Å². The van der Waals surface area contributed by atoms with Gasteiger partial charge in [0.1, 0.15) is 0 Å². The Balaban J connectivity index is 0.727. The molecule has 558 valence electrons. The van der Waals surface area contributed by atoms with Crippen LogP contribution in [0.3, 0.4) is 0 Å². The summed E-state index contributed by atoms with van der Waals surface area (Å²) in [6.07, 6.45) is 1.66. The van der Waals surface area contributed by atoms with Crippen LogP contribution in [0, 0.1) is 18.3 Å². The largest absolute Gasteiger partial charge is 0.379 e. The molecule has 0 radical (unpaired) electrons. The van der Waals surface area contributed by atoms with E-state index in [0.29, 0.717) is 163 Å². The summed E-state index contributed by atoms with van der Waals surface area (Å²) in [6.45, 7) is 26.8. The molecule has 6 aliphatic rings. The number of morpholine rings is 4. The third-order valence-corrected chi connectivity index (χ3v) is 25.2. The second-order valence-electron chi connectivity index (χ2n) is 32.9. The molecule has 0 aromatic heterocycles. The molecular formula is C95H99N5O9. The van der Waals surface area contributed by atoms with Gasteiger partial charge in [0.25, 0.3) is 0 Å². The van der Waals surface area contributed by atoms with Crippen LogP contribution in [-0.4, -0.2) is 169 Å². The van der Waals surface area contributed by atoms with Gasteiger partial charge in [-0.15, -0.1) is 0 Å². The second-order valence-corrected chi connectivity index (χ2v) is 32.9. The fraction of sp³-hybridized carbons (Fsp3) is 0.368. The molecule has 0 amide bonds. The van der Waals surface area contributed by atoms with E-state index in [0.717, 1.165) is 77.9 Å². The Kier molecular flexibility index (Phi) is 20.7. The lowest BCUT2D eigenvalue weighted by Gasteiger charge is -2.43. The zero-order valence-corrected chi connectivity index (χ0v) is 64.5. The Morgan fingerprint density at radius 2 is 0.725 bits per heavy atom. The normalized spacial score (nSPS) is 19.1. The van der Waals surface area contributed by atoms with Crippen LogP contribution in [0.15, 0.2) is 200 Å². The summed E-state index contributed by atoms with van der Waals surface area (Å²) in [5.74, 6) is 0.0914. The van der Waals surface area contributed by atoms with Gasteiger partial charge in [-0.1, -0.05) is 182 Å². The van der Waals surface area contributed by atoms with Crippen LogP contribution in [0.2, 0.25) is 0 Å². The van der Waals surface area contributed by atoms with Gasteiger partial charge < -0.3 is 18.9 Å². The number of carbonyl (C=O) groups is 5. The van der Waals surface area contributed by atoms with Gasteiger partial charge in [0, 0.05) is 102 Å². The smallest absolute Gasteiger partial charge is 0.193 e. The average molecular weight is 1450 g/mol. The molecular weight excluding hydrogens is 1360 g/mol. The number of carbonyl (C=O) groups excluding carboxylic acids is 5. The van der Waals surface area contributed by atoms with E-state index in [2.05, 4.69) is 147 Å². The van der Waals surface area contributed by atoms with Crippen molar-refractivity contribution in [2.75, 3.05) is 98.6 Å². The van der Waals surface area contributed by atoms with Crippen LogP contribution in [0.5, 0.6) is 0 Å². The molecule has 2 unspecified atom stereocenters. The molecule has 0 bridgehead atoms. The zero-order chi connectivity index (χ0) is 76.2. The van der Waals surface area contributed by atoms with E-state index in [-0.39, 0.29) is 28.9 Å². The molecule has 9 aromatic rings. The van der Waals surface area contributed by atoms with Crippen LogP contribution >= 0.6 is 0 Å². The van der Waals surface area contributed by atoms with E-state index >= 15 is 4.79 Å². The molecule has 4 saturated heterocycles. The van der Waals surface area contributed by atoms with Crippen molar-refractivity contribution in [3.63, 3.8) is 0 Å². The van der Waals surface area contributed by atoms with Crippen LogP contribution in [0.1, 0.15) is 180 Å². The minimum Gasteiger partial charge on any atom is -0.379 e. The van der Waals surface area contributed by atoms with E-state index in [1.807, 2.05) is 141 Å². The van der Waals surface area contributed by atoms with Crippen molar-refractivity contribution < 1.29 is 42.9 Å². The lowest BCUT2D eigenvalue weighted by Crippen LogP contribution is -2.55. The Morgan fingerprint density at radius 1 is 0.385 bits per heavy atom. The highest BCUT2D eigenvalue weighted by molar-refractivity contribution is 6.11.